The molecule has 4 atom stereocenters. The predicted molar refractivity (Wildman–Crippen MR) is 171 cm³/mol. The van der Waals surface area contributed by atoms with Crippen LogP contribution in [0.3, 0.4) is 0 Å². The number of pyridine rings is 1. The van der Waals surface area contributed by atoms with Gasteiger partial charge in [0, 0.05) is 44.9 Å². The van der Waals surface area contributed by atoms with E-state index in [1.165, 1.54) is 0 Å². The van der Waals surface area contributed by atoms with Gasteiger partial charge in [-0.1, -0.05) is 17.7 Å². The fourth-order valence-corrected chi connectivity index (χ4v) is 7.53. The molecular weight excluding hydrogens is 610 g/mol. The first-order valence-corrected chi connectivity index (χ1v) is 16.2. The molecule has 0 radical (unpaired) electrons. The highest BCUT2D eigenvalue weighted by Gasteiger charge is 2.47. The molecule has 5 heterocycles. The van der Waals surface area contributed by atoms with Gasteiger partial charge in [0.25, 0.3) is 5.79 Å². The molecule has 3 fully saturated rings. The molecule has 2 aromatic carbocycles. The number of anilines is 1. The van der Waals surface area contributed by atoms with E-state index in [9.17, 15) is 9.90 Å². The summed E-state index contributed by atoms with van der Waals surface area (Å²) in [6, 6.07) is 13.6. The highest BCUT2D eigenvalue weighted by Crippen LogP contribution is 2.51. The number of piperazine rings is 1. The predicted octanol–water partition coefficient (Wildman–Crippen LogP) is 5.47. The lowest BCUT2D eigenvalue weighted by atomic mass is 9.81. The SMILES string of the molecule is COc1cc(C(=O)O)cc2c1nc(CN1CCN(c3cccc4c3O[C@@](C)(c3ccc(Cl)cn3)O4)[C@@H]3CC[C@@H]31)n2C[C@@H]1CCCO1. The number of aromatic carboxylic acids is 1. The molecule has 46 heavy (non-hydrogen) atoms. The van der Waals surface area contributed by atoms with Crippen LogP contribution in [-0.4, -0.2) is 75.5 Å². The van der Waals surface area contributed by atoms with E-state index >= 15 is 0 Å². The molecule has 2 saturated heterocycles. The molecule has 1 saturated carbocycles. The summed E-state index contributed by atoms with van der Waals surface area (Å²) in [6.45, 7) is 5.55. The van der Waals surface area contributed by atoms with Crippen LogP contribution in [0.1, 0.15) is 54.5 Å². The number of methoxy groups -OCH3 is 1. The Hall–Kier alpha value is -4.06. The minimum absolute atomic E-state index is 0.0695. The molecule has 11 nitrogen and oxygen atoms in total. The van der Waals surface area contributed by atoms with Crippen LogP contribution in [0.25, 0.3) is 11.0 Å². The Bertz CT molecular complexity index is 1810. The van der Waals surface area contributed by atoms with Crippen molar-refractivity contribution in [1.82, 2.24) is 19.4 Å². The summed E-state index contributed by atoms with van der Waals surface area (Å²) in [7, 11) is 1.56. The Labute approximate surface area is 271 Å². The van der Waals surface area contributed by atoms with Crippen LogP contribution in [0.2, 0.25) is 5.02 Å². The van der Waals surface area contributed by atoms with Gasteiger partial charge in [-0.05, 0) is 62.1 Å². The lowest BCUT2D eigenvalue weighted by molar-refractivity contribution is -0.0717. The van der Waals surface area contributed by atoms with Gasteiger partial charge in [0.2, 0.25) is 0 Å². The van der Waals surface area contributed by atoms with Crippen molar-refractivity contribution >= 4 is 34.3 Å². The summed E-state index contributed by atoms with van der Waals surface area (Å²) in [5, 5.41) is 10.4. The minimum atomic E-state index is -1.05. The second-order valence-corrected chi connectivity index (χ2v) is 13.1. The normalized spacial score (nSPS) is 25.5. The number of fused-ring (bicyclic) bond motifs is 3. The second-order valence-electron chi connectivity index (χ2n) is 12.6. The molecule has 1 aliphatic carbocycles. The van der Waals surface area contributed by atoms with E-state index in [1.807, 2.05) is 25.1 Å². The van der Waals surface area contributed by atoms with Gasteiger partial charge >= 0.3 is 5.97 Å². The number of nitrogens with zero attached hydrogens (tertiary/aromatic N) is 5. The number of carboxylic acids is 1. The number of hydrogen-bond donors (Lipinski definition) is 1. The van der Waals surface area contributed by atoms with Gasteiger partial charge in [0.05, 0.1) is 48.1 Å². The van der Waals surface area contributed by atoms with Gasteiger partial charge in [-0.2, -0.15) is 0 Å². The van der Waals surface area contributed by atoms with Gasteiger partial charge in [0.15, 0.2) is 11.5 Å². The van der Waals surface area contributed by atoms with Crippen molar-refractivity contribution in [3.8, 4) is 17.2 Å². The second kappa shape index (κ2) is 11.3. The minimum Gasteiger partial charge on any atom is -0.494 e. The molecule has 240 valence electrons. The maximum atomic E-state index is 12.0. The molecule has 4 aromatic rings. The van der Waals surface area contributed by atoms with Crippen molar-refractivity contribution in [2.45, 2.75) is 69.7 Å². The van der Waals surface area contributed by atoms with E-state index in [4.69, 9.17) is 35.5 Å². The average Bonchev–Trinajstić information content (AvgIpc) is 3.76. The molecule has 0 unspecified atom stereocenters. The summed E-state index contributed by atoms with van der Waals surface area (Å²) >= 11 is 6.08. The van der Waals surface area contributed by atoms with Crippen molar-refractivity contribution in [2.24, 2.45) is 0 Å². The molecule has 4 aliphatic rings. The lowest BCUT2D eigenvalue weighted by Gasteiger charge is -2.54. The van der Waals surface area contributed by atoms with Crippen LogP contribution in [0.15, 0.2) is 48.7 Å². The van der Waals surface area contributed by atoms with Gasteiger partial charge in [0.1, 0.15) is 22.8 Å². The first-order valence-electron chi connectivity index (χ1n) is 15.9. The molecule has 8 rings (SSSR count). The smallest absolute Gasteiger partial charge is 0.335 e. The van der Waals surface area contributed by atoms with Crippen molar-refractivity contribution in [3.63, 3.8) is 0 Å². The number of imidazole rings is 1. The first-order chi connectivity index (χ1) is 22.3. The zero-order chi connectivity index (χ0) is 31.6. The summed E-state index contributed by atoms with van der Waals surface area (Å²) in [5.74, 6) is 0.760. The number of halogens is 1. The average molecular weight is 646 g/mol. The molecule has 0 bridgehead atoms. The Kier molecular flexibility index (Phi) is 7.23. The fourth-order valence-electron chi connectivity index (χ4n) is 7.42. The number of carboxylic acid groups (broad SMARTS) is 1. The Balaban J connectivity index is 1.07. The number of benzene rings is 2. The van der Waals surface area contributed by atoms with Crippen LogP contribution in [0.5, 0.6) is 17.2 Å². The standard InChI is InChI=1S/C34H36ClN5O6/c1-34(29-11-8-21(35)17-36-29)45-27-7-3-6-25(32(27)46-34)39-13-12-38(23-9-10-24(23)39)19-30-37-31-26(40(30)18-22-5-4-14-44-22)15-20(33(41)42)16-28(31)43-2/h3,6-8,11,15-17,22-24H,4-5,9-10,12-14,18-19H2,1-2H3,(H,41,42)/t22-,23-,24+,34-/m0/s1. The molecule has 1 N–H and O–H groups in total. The van der Waals surface area contributed by atoms with Gasteiger partial charge < -0.3 is 33.5 Å². The van der Waals surface area contributed by atoms with Crippen molar-refractivity contribution < 1.29 is 28.8 Å². The van der Waals surface area contributed by atoms with E-state index in [0.717, 1.165) is 68.2 Å². The monoisotopic (exact) mass is 645 g/mol. The third-order valence-electron chi connectivity index (χ3n) is 9.88. The number of ether oxygens (including phenoxy) is 4. The maximum Gasteiger partial charge on any atom is 0.335 e. The van der Waals surface area contributed by atoms with Crippen LogP contribution < -0.4 is 19.1 Å². The molecular formula is C34H36ClN5O6. The Morgan fingerprint density at radius 3 is 2.72 bits per heavy atom. The Morgan fingerprint density at radius 1 is 1.13 bits per heavy atom. The highest BCUT2D eigenvalue weighted by molar-refractivity contribution is 6.30. The zero-order valence-electron chi connectivity index (χ0n) is 25.8. The third kappa shape index (κ3) is 4.92. The zero-order valence-corrected chi connectivity index (χ0v) is 26.6. The first kappa shape index (κ1) is 29.3. The van der Waals surface area contributed by atoms with Crippen molar-refractivity contribution in [1.29, 1.82) is 0 Å². The van der Waals surface area contributed by atoms with E-state index in [-0.39, 0.29) is 11.7 Å². The summed E-state index contributed by atoms with van der Waals surface area (Å²) < 4.78 is 26.6. The quantitative estimate of drug-likeness (QED) is 0.265. The lowest BCUT2D eigenvalue weighted by Crippen LogP contribution is -2.64. The van der Waals surface area contributed by atoms with Crippen LogP contribution in [-0.2, 0) is 23.6 Å². The number of carbonyl (C=O) groups is 1. The van der Waals surface area contributed by atoms with Gasteiger partial charge in [-0.15, -0.1) is 0 Å². The molecule has 12 heteroatoms. The Morgan fingerprint density at radius 2 is 2.00 bits per heavy atom. The van der Waals surface area contributed by atoms with E-state index in [0.29, 0.717) is 52.9 Å². The van der Waals surface area contributed by atoms with Gasteiger partial charge in [-0.3, -0.25) is 9.88 Å². The van der Waals surface area contributed by atoms with E-state index in [2.05, 4.69) is 25.4 Å². The van der Waals surface area contributed by atoms with Crippen LogP contribution >= 0.6 is 11.6 Å². The summed E-state index contributed by atoms with van der Waals surface area (Å²) in [4.78, 5) is 26.5. The molecule has 0 spiro atoms. The number of rotatable bonds is 8. The summed E-state index contributed by atoms with van der Waals surface area (Å²) in [6.07, 6.45) is 5.82. The summed E-state index contributed by atoms with van der Waals surface area (Å²) in [5.41, 5.74) is 3.31. The fraction of sp³-hybridized carbons (Fsp3) is 0.441. The number of aromatic nitrogens is 3. The number of para-hydroxylation sites is 1. The van der Waals surface area contributed by atoms with Crippen LogP contribution in [0.4, 0.5) is 5.69 Å². The van der Waals surface area contributed by atoms with Gasteiger partial charge in [-0.25, -0.2) is 9.78 Å². The maximum absolute atomic E-state index is 12.0. The molecule has 2 aromatic heterocycles. The molecule has 3 aliphatic heterocycles. The van der Waals surface area contributed by atoms with Crippen molar-refractivity contribution in [3.05, 3.63) is 70.8 Å². The van der Waals surface area contributed by atoms with Crippen LogP contribution in [0, 0.1) is 0 Å². The third-order valence-corrected chi connectivity index (χ3v) is 10.1. The number of hydrogen-bond acceptors (Lipinski definition) is 9. The largest absolute Gasteiger partial charge is 0.494 e. The highest BCUT2D eigenvalue weighted by atomic mass is 35.5. The molecule has 0 amide bonds. The van der Waals surface area contributed by atoms with E-state index in [1.54, 1.807) is 31.5 Å². The van der Waals surface area contributed by atoms with Crippen molar-refractivity contribution in [2.75, 3.05) is 31.7 Å². The topological polar surface area (TPSA) is 111 Å². The van der Waals surface area contributed by atoms with E-state index < -0.39 is 11.8 Å².